The van der Waals surface area contributed by atoms with E-state index in [9.17, 15) is 0 Å². The van der Waals surface area contributed by atoms with Crippen LogP contribution in [-0.4, -0.2) is 0 Å². The summed E-state index contributed by atoms with van der Waals surface area (Å²) in [4.78, 5) is 0. The SMILES string of the molecule is CCCC/C=C/C=C/C(C)=C\CCCCCC. The Balaban J connectivity index is 3.60. The minimum atomic E-state index is 1.21. The Labute approximate surface area is 109 Å². The fourth-order valence-corrected chi connectivity index (χ4v) is 1.67. The first-order valence-electron chi connectivity index (χ1n) is 7.31. The molecule has 0 heteroatoms. The first-order valence-corrected chi connectivity index (χ1v) is 7.31. The van der Waals surface area contributed by atoms with Crippen LogP contribution in [0.1, 0.15) is 72.1 Å². The third-order valence-electron chi connectivity index (χ3n) is 2.85. The van der Waals surface area contributed by atoms with Gasteiger partial charge in [0, 0.05) is 0 Å². The van der Waals surface area contributed by atoms with E-state index in [-0.39, 0.29) is 0 Å². The second-order valence-corrected chi connectivity index (χ2v) is 4.73. The van der Waals surface area contributed by atoms with Crippen molar-refractivity contribution in [1.29, 1.82) is 0 Å². The van der Waals surface area contributed by atoms with Gasteiger partial charge in [-0.2, -0.15) is 0 Å². The van der Waals surface area contributed by atoms with Crippen molar-refractivity contribution in [3.63, 3.8) is 0 Å². The maximum Gasteiger partial charge on any atom is -0.0345 e. The van der Waals surface area contributed by atoms with Crippen molar-refractivity contribution in [2.24, 2.45) is 0 Å². The van der Waals surface area contributed by atoms with E-state index in [1.54, 1.807) is 0 Å². The van der Waals surface area contributed by atoms with Gasteiger partial charge in [0.15, 0.2) is 0 Å². The van der Waals surface area contributed by atoms with E-state index in [1.165, 1.54) is 56.9 Å². The van der Waals surface area contributed by atoms with Gasteiger partial charge in [-0.1, -0.05) is 81.9 Å². The van der Waals surface area contributed by atoms with Crippen molar-refractivity contribution in [3.05, 3.63) is 36.0 Å². The molecule has 98 valence electrons. The smallest absolute Gasteiger partial charge is 0.0345 e. The van der Waals surface area contributed by atoms with Crippen molar-refractivity contribution in [1.82, 2.24) is 0 Å². The monoisotopic (exact) mass is 234 g/mol. The molecule has 0 atom stereocenters. The Hall–Kier alpha value is -0.780. The van der Waals surface area contributed by atoms with Crippen LogP contribution in [0.25, 0.3) is 0 Å². The minimum Gasteiger partial charge on any atom is -0.0845 e. The van der Waals surface area contributed by atoms with Gasteiger partial charge in [0.25, 0.3) is 0 Å². The van der Waals surface area contributed by atoms with Crippen molar-refractivity contribution >= 4 is 0 Å². The first-order chi connectivity index (χ1) is 8.31. The van der Waals surface area contributed by atoms with Crippen LogP contribution in [-0.2, 0) is 0 Å². The summed E-state index contributed by atoms with van der Waals surface area (Å²) in [7, 11) is 0. The maximum atomic E-state index is 2.35. The summed E-state index contributed by atoms with van der Waals surface area (Å²) in [5, 5.41) is 0. The summed E-state index contributed by atoms with van der Waals surface area (Å²) < 4.78 is 0. The van der Waals surface area contributed by atoms with Crippen molar-refractivity contribution in [2.45, 2.75) is 72.1 Å². The third kappa shape index (κ3) is 13.2. The molecule has 0 aromatic heterocycles. The van der Waals surface area contributed by atoms with Gasteiger partial charge >= 0.3 is 0 Å². The maximum absolute atomic E-state index is 2.35. The van der Waals surface area contributed by atoms with Crippen LogP contribution < -0.4 is 0 Å². The normalized spacial score (nSPS) is 13.0. The highest BCUT2D eigenvalue weighted by molar-refractivity contribution is 5.19. The molecule has 0 aliphatic rings. The van der Waals surface area contributed by atoms with Gasteiger partial charge in [-0.25, -0.2) is 0 Å². The Morgan fingerprint density at radius 1 is 0.824 bits per heavy atom. The summed E-state index contributed by atoms with van der Waals surface area (Å²) in [6.45, 7) is 6.68. The molecule has 0 N–H and O–H groups in total. The molecule has 0 radical (unpaired) electrons. The molecule has 0 rings (SSSR count). The summed E-state index contributed by atoms with van der Waals surface area (Å²) in [6.07, 6.45) is 21.6. The molecule has 0 heterocycles. The molecular weight excluding hydrogens is 204 g/mol. The Morgan fingerprint density at radius 2 is 1.59 bits per heavy atom. The van der Waals surface area contributed by atoms with E-state index in [1.807, 2.05) is 0 Å². The molecule has 0 aromatic rings. The van der Waals surface area contributed by atoms with Gasteiger partial charge in [-0.15, -0.1) is 0 Å². The Bertz CT molecular complexity index is 230. The van der Waals surface area contributed by atoms with Gasteiger partial charge < -0.3 is 0 Å². The molecule has 0 saturated carbocycles. The Morgan fingerprint density at radius 3 is 2.29 bits per heavy atom. The number of hydrogen-bond acceptors (Lipinski definition) is 0. The van der Waals surface area contributed by atoms with Crippen molar-refractivity contribution in [3.8, 4) is 0 Å². The van der Waals surface area contributed by atoms with Crippen LogP contribution in [0, 0.1) is 0 Å². The van der Waals surface area contributed by atoms with Crippen LogP contribution in [0.3, 0.4) is 0 Å². The van der Waals surface area contributed by atoms with Crippen LogP contribution in [0.5, 0.6) is 0 Å². The topological polar surface area (TPSA) is 0 Å². The lowest BCUT2D eigenvalue weighted by atomic mass is 10.1. The van der Waals surface area contributed by atoms with E-state index < -0.39 is 0 Å². The van der Waals surface area contributed by atoms with Gasteiger partial charge in [0.2, 0.25) is 0 Å². The quantitative estimate of drug-likeness (QED) is 0.311. The summed E-state index contributed by atoms with van der Waals surface area (Å²) in [6, 6.07) is 0. The van der Waals surface area contributed by atoms with Gasteiger partial charge in [0.05, 0.1) is 0 Å². The zero-order valence-corrected chi connectivity index (χ0v) is 12.0. The van der Waals surface area contributed by atoms with Crippen LogP contribution in [0.2, 0.25) is 0 Å². The lowest BCUT2D eigenvalue weighted by molar-refractivity contribution is 0.674. The number of unbranched alkanes of at least 4 members (excludes halogenated alkanes) is 6. The molecular formula is C17H30. The number of rotatable bonds is 10. The molecule has 0 saturated heterocycles. The standard InChI is InChI=1S/C17H30/c1-4-6-8-10-12-14-16-17(3)15-13-11-9-7-5-2/h10,12,14-16H,4-9,11,13H2,1-3H3/b12-10+,16-14+,17-15-. The lowest BCUT2D eigenvalue weighted by Gasteiger charge is -1.95. The molecule has 0 unspecified atom stereocenters. The largest absolute Gasteiger partial charge is 0.0845 e. The molecule has 0 fully saturated rings. The van der Waals surface area contributed by atoms with E-state index in [2.05, 4.69) is 51.2 Å². The summed E-state index contributed by atoms with van der Waals surface area (Å²) in [5.74, 6) is 0. The van der Waals surface area contributed by atoms with Crippen LogP contribution >= 0.6 is 0 Å². The third-order valence-corrected chi connectivity index (χ3v) is 2.85. The van der Waals surface area contributed by atoms with Gasteiger partial charge in [-0.3, -0.25) is 0 Å². The molecule has 0 spiro atoms. The highest BCUT2D eigenvalue weighted by Crippen LogP contribution is 2.06. The molecule has 17 heavy (non-hydrogen) atoms. The zero-order valence-electron chi connectivity index (χ0n) is 12.0. The average Bonchev–Trinajstić information content (AvgIpc) is 2.33. The Kier molecular flexibility index (Phi) is 12.7. The zero-order chi connectivity index (χ0) is 12.8. The minimum absolute atomic E-state index is 1.21. The van der Waals surface area contributed by atoms with Crippen LogP contribution in [0.15, 0.2) is 36.0 Å². The molecule has 0 bridgehead atoms. The van der Waals surface area contributed by atoms with Crippen LogP contribution in [0.4, 0.5) is 0 Å². The molecule has 0 nitrogen and oxygen atoms in total. The molecule has 0 aliphatic carbocycles. The van der Waals surface area contributed by atoms with Gasteiger partial charge in [0.1, 0.15) is 0 Å². The summed E-state index contributed by atoms with van der Waals surface area (Å²) in [5.41, 5.74) is 1.39. The van der Waals surface area contributed by atoms with Crippen molar-refractivity contribution in [2.75, 3.05) is 0 Å². The van der Waals surface area contributed by atoms with Crippen molar-refractivity contribution < 1.29 is 0 Å². The first kappa shape index (κ1) is 16.2. The summed E-state index contributed by atoms with van der Waals surface area (Å²) >= 11 is 0. The highest BCUT2D eigenvalue weighted by atomic mass is 13.9. The van der Waals surface area contributed by atoms with E-state index >= 15 is 0 Å². The number of allylic oxidation sites excluding steroid dienone is 6. The predicted octanol–water partition coefficient (Wildman–Crippen LogP) is 6.21. The van der Waals surface area contributed by atoms with E-state index in [0.29, 0.717) is 0 Å². The molecule has 0 aliphatic heterocycles. The van der Waals surface area contributed by atoms with E-state index in [4.69, 9.17) is 0 Å². The number of hydrogen-bond donors (Lipinski definition) is 0. The van der Waals surface area contributed by atoms with E-state index in [0.717, 1.165) is 0 Å². The highest BCUT2D eigenvalue weighted by Gasteiger charge is 1.86. The molecule has 0 amide bonds. The van der Waals surface area contributed by atoms with Gasteiger partial charge in [-0.05, 0) is 26.2 Å². The predicted molar refractivity (Wildman–Crippen MR) is 80.3 cm³/mol. The molecule has 0 aromatic carbocycles. The second kappa shape index (κ2) is 13.3. The second-order valence-electron chi connectivity index (χ2n) is 4.73. The fourth-order valence-electron chi connectivity index (χ4n) is 1.67. The fraction of sp³-hybridized carbons (Fsp3) is 0.647. The lowest BCUT2D eigenvalue weighted by Crippen LogP contribution is -1.75. The average molecular weight is 234 g/mol.